The van der Waals surface area contributed by atoms with Crippen LogP contribution in [0.15, 0.2) is 76.5 Å². The summed E-state index contributed by atoms with van der Waals surface area (Å²) in [5.41, 5.74) is -0.182. The van der Waals surface area contributed by atoms with Gasteiger partial charge in [0.15, 0.2) is 0 Å². The number of hydrogen-bond donors (Lipinski definition) is 3. The summed E-state index contributed by atoms with van der Waals surface area (Å²) in [4.78, 5) is 20.7. The van der Waals surface area contributed by atoms with Gasteiger partial charge < -0.3 is 4.74 Å². The molecule has 0 aliphatic heterocycles. The molecule has 3 aromatic carbocycles. The van der Waals surface area contributed by atoms with Crippen molar-refractivity contribution in [3.63, 3.8) is 0 Å². The van der Waals surface area contributed by atoms with Crippen LogP contribution in [-0.4, -0.2) is 66.5 Å². The van der Waals surface area contributed by atoms with Crippen LogP contribution in [0.5, 0.6) is 0 Å². The normalized spacial score (nSPS) is 11.5. The molecule has 3 aromatic rings. The minimum atomic E-state index is -4.86. The summed E-state index contributed by atoms with van der Waals surface area (Å²) in [6, 6.07) is 14.9. The number of ether oxygens (including phenoxy) is 1. The van der Waals surface area contributed by atoms with Gasteiger partial charge in [0.05, 0.1) is 4.92 Å². The van der Waals surface area contributed by atoms with E-state index in [1.807, 2.05) is 0 Å². The first-order chi connectivity index (χ1) is 16.8. The smallest absolute Gasteiger partial charge is 0.411 e. The molecule has 0 bridgehead atoms. The van der Waals surface area contributed by atoms with Gasteiger partial charge in [0.25, 0.3) is 25.9 Å². The summed E-state index contributed by atoms with van der Waals surface area (Å²) in [7, 11) is -9.67. The molecule has 1 radical (unpaired) electrons. The van der Waals surface area contributed by atoms with Crippen molar-refractivity contribution in [2.45, 2.75) is 16.4 Å². The Labute approximate surface area is 233 Å². The Morgan fingerprint density at radius 1 is 0.892 bits per heavy atom. The first kappa shape index (κ1) is 30.1. The van der Waals surface area contributed by atoms with Crippen LogP contribution in [0.2, 0.25) is 0 Å². The zero-order chi connectivity index (χ0) is 26.5. The van der Waals surface area contributed by atoms with Crippen molar-refractivity contribution in [1.29, 1.82) is 0 Å². The Hall–Kier alpha value is -3.11. The van der Waals surface area contributed by atoms with Crippen molar-refractivity contribution >= 4 is 79.4 Å². The number of rotatable bonds is 8. The summed E-state index contributed by atoms with van der Waals surface area (Å²) in [6.45, 7) is -0.0377. The van der Waals surface area contributed by atoms with Crippen molar-refractivity contribution < 1.29 is 40.4 Å². The van der Waals surface area contributed by atoms with Gasteiger partial charge in [0.2, 0.25) is 0 Å². The quantitative estimate of drug-likeness (QED) is 0.121. The average Bonchev–Trinajstić information content (AvgIpc) is 2.81. The number of anilines is 1. The molecule has 0 fully saturated rings. The second kappa shape index (κ2) is 12.4. The van der Waals surface area contributed by atoms with E-state index < -0.39 is 46.7 Å². The molecule has 1 amide bonds. The van der Waals surface area contributed by atoms with E-state index in [1.54, 1.807) is 30.3 Å². The minimum absolute atomic E-state index is 0. The fraction of sp³-hybridized carbons (Fsp3) is 0.0455. The summed E-state index contributed by atoms with van der Waals surface area (Å²) in [5, 5.41) is 13.3. The fourth-order valence-corrected chi connectivity index (χ4v) is 4.44. The van der Waals surface area contributed by atoms with Gasteiger partial charge in [0.1, 0.15) is 16.4 Å². The Morgan fingerprint density at radius 2 is 1.43 bits per heavy atom. The molecule has 0 unspecified atom stereocenters. The molecule has 15 heteroatoms. The third-order valence-electron chi connectivity index (χ3n) is 4.68. The van der Waals surface area contributed by atoms with Gasteiger partial charge in [-0.25, -0.2) is 4.79 Å². The van der Waals surface area contributed by atoms with Crippen LogP contribution in [-0.2, 0) is 31.6 Å². The molecule has 3 rings (SSSR count). The minimum Gasteiger partial charge on any atom is -0.444 e. The summed E-state index contributed by atoms with van der Waals surface area (Å²) in [5.74, 6) is 0. The fourth-order valence-electron chi connectivity index (χ4n) is 3.03. The number of nitrogens with zero attached hydrogens (tertiary/aromatic N) is 1. The van der Waals surface area contributed by atoms with Gasteiger partial charge in [-0.15, -0.1) is 0 Å². The molecule has 0 aliphatic carbocycles. The molecule has 0 saturated carbocycles. The van der Waals surface area contributed by atoms with Gasteiger partial charge in [-0.05, 0) is 34.9 Å². The van der Waals surface area contributed by atoms with Gasteiger partial charge >= 0.3 is 6.09 Å². The predicted octanol–water partition coefficient (Wildman–Crippen LogP) is 3.63. The second-order valence-corrected chi connectivity index (χ2v) is 9.98. The van der Waals surface area contributed by atoms with Gasteiger partial charge in [-0.2, -0.15) is 16.8 Å². The molecule has 0 heterocycles. The summed E-state index contributed by atoms with van der Waals surface area (Å²) >= 11 is 0. The average molecular weight is 558 g/mol. The van der Waals surface area contributed by atoms with Gasteiger partial charge in [-0.3, -0.25) is 24.5 Å². The molecular formula is C22H18N2NaO10S2. The summed E-state index contributed by atoms with van der Waals surface area (Å²) in [6.07, 6.45) is 1.31. The first-order valence-electron chi connectivity index (χ1n) is 9.88. The van der Waals surface area contributed by atoms with Crippen molar-refractivity contribution in [1.82, 2.24) is 0 Å². The topological polar surface area (TPSA) is 190 Å². The number of nitrogens with one attached hydrogen (secondary N) is 1. The molecular weight excluding hydrogens is 539 g/mol. The van der Waals surface area contributed by atoms with E-state index in [0.717, 1.165) is 35.9 Å². The molecule has 0 aromatic heterocycles. The van der Waals surface area contributed by atoms with E-state index >= 15 is 0 Å². The van der Waals surface area contributed by atoms with Crippen LogP contribution in [0.4, 0.5) is 16.2 Å². The largest absolute Gasteiger partial charge is 0.444 e. The van der Waals surface area contributed by atoms with E-state index in [1.165, 1.54) is 12.1 Å². The van der Waals surface area contributed by atoms with Crippen LogP contribution in [0.1, 0.15) is 16.7 Å². The predicted molar refractivity (Wildman–Crippen MR) is 134 cm³/mol. The number of benzene rings is 3. The van der Waals surface area contributed by atoms with Crippen molar-refractivity contribution in [3.05, 3.63) is 93.5 Å². The van der Waals surface area contributed by atoms with Crippen LogP contribution in [0.25, 0.3) is 12.2 Å². The Kier molecular flexibility index (Phi) is 10.1. The standard InChI is InChI=1S/C22H18N2O10S2.Na/c25-22(34-14-15-4-2-1-3-5-15)23-18-10-8-16(20(12-18)35(28,29)30)6-7-17-9-11-19(24(26)27)13-21(17)36(31,32)33;/h1-13H,14H2,(H,23,25)(H,28,29,30)(H,31,32,33);/b7-6-;. The molecule has 3 N–H and O–H groups in total. The maximum atomic E-state index is 12.1. The molecule has 0 atom stereocenters. The molecule has 37 heavy (non-hydrogen) atoms. The maximum absolute atomic E-state index is 12.1. The monoisotopic (exact) mass is 557 g/mol. The van der Waals surface area contributed by atoms with Crippen LogP contribution in [0, 0.1) is 10.1 Å². The Balaban J connectivity index is 0.00000481. The third-order valence-corrected chi connectivity index (χ3v) is 6.50. The number of hydrogen-bond acceptors (Lipinski definition) is 8. The molecule has 12 nitrogen and oxygen atoms in total. The Bertz CT molecular complexity index is 1560. The van der Waals surface area contributed by atoms with Crippen LogP contribution < -0.4 is 5.32 Å². The van der Waals surface area contributed by atoms with E-state index in [2.05, 4.69) is 5.32 Å². The number of amides is 1. The van der Waals surface area contributed by atoms with Crippen LogP contribution >= 0.6 is 0 Å². The van der Waals surface area contributed by atoms with Gasteiger partial charge in [0, 0.05) is 47.4 Å². The van der Waals surface area contributed by atoms with E-state index in [0.29, 0.717) is 6.07 Å². The number of nitro benzene ring substituents is 1. The molecule has 0 saturated heterocycles. The van der Waals surface area contributed by atoms with Gasteiger partial charge in [-0.1, -0.05) is 48.6 Å². The zero-order valence-corrected chi connectivity index (χ0v) is 22.8. The number of non-ortho nitro benzene ring substituents is 1. The van der Waals surface area contributed by atoms with E-state index in [-0.39, 0.29) is 53.0 Å². The van der Waals surface area contributed by atoms with Crippen molar-refractivity contribution in [2.24, 2.45) is 0 Å². The van der Waals surface area contributed by atoms with Crippen molar-refractivity contribution in [2.75, 3.05) is 5.32 Å². The zero-order valence-electron chi connectivity index (χ0n) is 19.1. The number of nitro groups is 1. The van der Waals surface area contributed by atoms with E-state index in [9.17, 15) is 40.8 Å². The first-order valence-corrected chi connectivity index (χ1v) is 12.8. The van der Waals surface area contributed by atoms with E-state index in [4.69, 9.17) is 4.74 Å². The molecule has 0 aliphatic rings. The molecule has 189 valence electrons. The maximum Gasteiger partial charge on any atom is 0.411 e. The van der Waals surface area contributed by atoms with Crippen LogP contribution in [0.3, 0.4) is 0 Å². The number of carbonyl (C=O) groups is 1. The SMILES string of the molecule is O=C(Nc1ccc(/C=C\c2ccc([N+](=O)[O-])cc2S(=O)(=O)O)c(S(=O)(=O)O)c1)OCc1ccccc1.[Na]. The summed E-state index contributed by atoms with van der Waals surface area (Å²) < 4.78 is 71.3. The third kappa shape index (κ3) is 8.46. The van der Waals surface area contributed by atoms with Crippen molar-refractivity contribution in [3.8, 4) is 0 Å². The Morgan fingerprint density at radius 3 is 1.97 bits per heavy atom. The number of carbonyl (C=O) groups excluding carboxylic acids is 1. The molecule has 0 spiro atoms. The second-order valence-electron chi connectivity index (χ2n) is 7.20.